The second-order valence-corrected chi connectivity index (χ2v) is 10.7. The van der Waals surface area contributed by atoms with Gasteiger partial charge in [0.15, 0.2) is 0 Å². The van der Waals surface area contributed by atoms with Crippen LogP contribution in [0, 0.1) is 17.2 Å². The van der Waals surface area contributed by atoms with Crippen LogP contribution in [0.5, 0.6) is 0 Å². The first-order valence-electron chi connectivity index (χ1n) is 9.94. The lowest BCUT2D eigenvalue weighted by molar-refractivity contribution is 0.0730. The van der Waals surface area contributed by atoms with Crippen molar-refractivity contribution in [1.29, 1.82) is 5.26 Å². The molecule has 1 aliphatic carbocycles. The Bertz CT molecular complexity index is 1110. The van der Waals surface area contributed by atoms with Gasteiger partial charge in [0.05, 0.1) is 23.7 Å². The van der Waals surface area contributed by atoms with Gasteiger partial charge in [-0.2, -0.15) is 9.57 Å². The minimum absolute atomic E-state index is 0.0804. The van der Waals surface area contributed by atoms with Crippen molar-refractivity contribution in [1.82, 2.24) is 4.31 Å². The number of nitriles is 1. The molecule has 1 aromatic heterocycles. The fraction of sp³-hybridized carbons (Fsp3) is 0.429. The molecule has 158 valence electrons. The Morgan fingerprint density at radius 1 is 1.33 bits per heavy atom. The van der Waals surface area contributed by atoms with Gasteiger partial charge in [-0.15, -0.1) is 11.3 Å². The number of fused-ring (bicyclic) bond motifs is 1. The SMILES string of the molecule is C[C@H]1CCc2c(sc(NC(=O)c3cccc(S(=O)(=O)N4CCOCC4)c3)c2C#N)C1. The average molecular weight is 446 g/mol. The topological polar surface area (TPSA) is 99.5 Å². The highest BCUT2D eigenvalue weighted by Gasteiger charge is 2.28. The second kappa shape index (κ2) is 8.47. The van der Waals surface area contributed by atoms with Crippen molar-refractivity contribution in [3.8, 4) is 6.07 Å². The summed E-state index contributed by atoms with van der Waals surface area (Å²) in [5.74, 6) is 0.144. The summed E-state index contributed by atoms with van der Waals surface area (Å²) in [5.41, 5.74) is 1.82. The molecule has 1 atom stereocenters. The van der Waals surface area contributed by atoms with Gasteiger partial charge in [0.25, 0.3) is 5.91 Å². The van der Waals surface area contributed by atoms with E-state index >= 15 is 0 Å². The zero-order chi connectivity index (χ0) is 21.3. The minimum atomic E-state index is -3.69. The number of rotatable bonds is 4. The molecule has 0 bridgehead atoms. The Labute approximate surface area is 180 Å². The number of anilines is 1. The number of hydrogen-bond donors (Lipinski definition) is 1. The summed E-state index contributed by atoms with van der Waals surface area (Å²) in [4.78, 5) is 14.1. The predicted octanol–water partition coefficient (Wildman–Crippen LogP) is 3.02. The van der Waals surface area contributed by atoms with E-state index in [1.54, 1.807) is 12.1 Å². The summed E-state index contributed by atoms with van der Waals surface area (Å²) in [6.07, 6.45) is 2.80. The largest absolute Gasteiger partial charge is 0.379 e. The Morgan fingerprint density at radius 3 is 2.83 bits per heavy atom. The number of benzene rings is 1. The highest BCUT2D eigenvalue weighted by Crippen LogP contribution is 2.39. The smallest absolute Gasteiger partial charge is 0.256 e. The molecular formula is C21H23N3O4S2. The molecule has 0 radical (unpaired) electrons. The molecule has 2 aliphatic rings. The Kier molecular flexibility index (Phi) is 5.93. The molecule has 1 N–H and O–H groups in total. The maximum Gasteiger partial charge on any atom is 0.256 e. The number of ether oxygens (including phenoxy) is 1. The maximum atomic E-state index is 12.9. The third-order valence-corrected chi connectivity index (χ3v) is 8.62. The number of thiophene rings is 1. The molecule has 0 unspecified atom stereocenters. The highest BCUT2D eigenvalue weighted by molar-refractivity contribution is 7.89. The third-order valence-electron chi connectivity index (χ3n) is 5.55. The lowest BCUT2D eigenvalue weighted by Crippen LogP contribution is -2.40. The number of carbonyl (C=O) groups excluding carboxylic acids is 1. The van der Waals surface area contributed by atoms with E-state index in [0.717, 1.165) is 29.7 Å². The van der Waals surface area contributed by atoms with Crippen LogP contribution in [-0.4, -0.2) is 44.9 Å². The number of hydrogen-bond acceptors (Lipinski definition) is 6. The fourth-order valence-corrected chi connectivity index (χ4v) is 6.68. The van der Waals surface area contributed by atoms with Gasteiger partial charge in [-0.1, -0.05) is 13.0 Å². The van der Waals surface area contributed by atoms with Gasteiger partial charge in [0, 0.05) is 23.5 Å². The van der Waals surface area contributed by atoms with Gasteiger partial charge < -0.3 is 10.1 Å². The maximum absolute atomic E-state index is 12.9. The normalized spacial score (nSPS) is 19.7. The molecule has 0 spiro atoms. The van der Waals surface area contributed by atoms with E-state index in [2.05, 4.69) is 18.3 Å². The third kappa shape index (κ3) is 4.01. The molecule has 0 saturated carbocycles. The lowest BCUT2D eigenvalue weighted by Gasteiger charge is -2.26. The van der Waals surface area contributed by atoms with Crippen LogP contribution in [0.25, 0.3) is 0 Å². The van der Waals surface area contributed by atoms with E-state index in [0.29, 0.717) is 42.8 Å². The summed E-state index contributed by atoms with van der Waals surface area (Å²) in [5, 5.41) is 13.0. The van der Waals surface area contributed by atoms with Crippen molar-refractivity contribution in [2.24, 2.45) is 5.92 Å². The van der Waals surface area contributed by atoms with Crippen molar-refractivity contribution >= 4 is 32.3 Å². The van der Waals surface area contributed by atoms with Crippen LogP contribution in [0.2, 0.25) is 0 Å². The minimum Gasteiger partial charge on any atom is -0.379 e. The van der Waals surface area contributed by atoms with E-state index in [-0.39, 0.29) is 10.5 Å². The first-order valence-corrected chi connectivity index (χ1v) is 12.2. The number of nitrogens with zero attached hydrogens (tertiary/aromatic N) is 2. The summed E-state index contributed by atoms with van der Waals surface area (Å²) in [7, 11) is -3.69. The summed E-state index contributed by atoms with van der Waals surface area (Å²) < 4.78 is 32.4. The van der Waals surface area contributed by atoms with Crippen molar-refractivity contribution in [3.63, 3.8) is 0 Å². The summed E-state index contributed by atoms with van der Waals surface area (Å²) in [6.45, 7) is 3.50. The van der Waals surface area contributed by atoms with Gasteiger partial charge in [0.1, 0.15) is 11.1 Å². The number of sulfonamides is 1. The van der Waals surface area contributed by atoms with Crippen LogP contribution in [0.3, 0.4) is 0 Å². The Balaban J connectivity index is 1.58. The van der Waals surface area contributed by atoms with Crippen LogP contribution < -0.4 is 5.32 Å². The van der Waals surface area contributed by atoms with Crippen LogP contribution in [0.4, 0.5) is 5.00 Å². The average Bonchev–Trinajstić information content (AvgIpc) is 3.10. The quantitative estimate of drug-likeness (QED) is 0.780. The number of carbonyl (C=O) groups is 1. The van der Waals surface area contributed by atoms with Crippen LogP contribution in [0.15, 0.2) is 29.2 Å². The summed E-state index contributed by atoms with van der Waals surface area (Å²) >= 11 is 1.45. The highest BCUT2D eigenvalue weighted by atomic mass is 32.2. The number of morpholine rings is 1. The molecule has 2 aromatic rings. The van der Waals surface area contributed by atoms with Crippen molar-refractivity contribution in [2.75, 3.05) is 31.6 Å². The summed E-state index contributed by atoms with van der Waals surface area (Å²) in [6, 6.07) is 8.26. The molecule has 1 aromatic carbocycles. The van der Waals surface area contributed by atoms with Crippen molar-refractivity contribution in [2.45, 2.75) is 31.1 Å². The zero-order valence-corrected chi connectivity index (χ0v) is 18.3. The standard InChI is InChI=1S/C21H23N3O4S2/c1-14-5-6-17-18(13-22)21(29-19(17)11-14)23-20(25)15-3-2-4-16(12-15)30(26,27)24-7-9-28-10-8-24/h2-4,12,14H,5-11H2,1H3,(H,23,25)/t14-/m0/s1. The Hall–Kier alpha value is -2.25. The number of amides is 1. The molecule has 1 aliphatic heterocycles. The van der Waals surface area contributed by atoms with E-state index in [4.69, 9.17) is 4.74 Å². The van der Waals surface area contributed by atoms with E-state index in [9.17, 15) is 18.5 Å². The first-order chi connectivity index (χ1) is 14.4. The monoisotopic (exact) mass is 445 g/mol. The zero-order valence-electron chi connectivity index (χ0n) is 16.7. The molecule has 2 heterocycles. The van der Waals surface area contributed by atoms with Crippen molar-refractivity contribution in [3.05, 3.63) is 45.8 Å². The lowest BCUT2D eigenvalue weighted by atomic mass is 9.88. The van der Waals surface area contributed by atoms with Crippen LogP contribution in [-0.2, 0) is 27.6 Å². The molecular weight excluding hydrogens is 422 g/mol. The number of nitrogens with one attached hydrogen (secondary N) is 1. The van der Waals surface area contributed by atoms with Gasteiger partial charge in [-0.05, 0) is 48.9 Å². The van der Waals surface area contributed by atoms with Crippen LogP contribution >= 0.6 is 11.3 Å². The van der Waals surface area contributed by atoms with Gasteiger partial charge in [-0.25, -0.2) is 8.42 Å². The molecule has 1 fully saturated rings. The van der Waals surface area contributed by atoms with Crippen molar-refractivity contribution < 1.29 is 17.9 Å². The van der Waals surface area contributed by atoms with Gasteiger partial charge in [-0.3, -0.25) is 4.79 Å². The Morgan fingerprint density at radius 2 is 2.10 bits per heavy atom. The fourth-order valence-electron chi connectivity index (χ4n) is 3.87. The second-order valence-electron chi connectivity index (χ2n) is 7.67. The molecule has 30 heavy (non-hydrogen) atoms. The van der Waals surface area contributed by atoms with Gasteiger partial charge in [0.2, 0.25) is 10.0 Å². The molecule has 4 rings (SSSR count). The van der Waals surface area contributed by atoms with E-state index in [1.165, 1.54) is 27.8 Å². The first kappa shape index (κ1) is 21.0. The van der Waals surface area contributed by atoms with Gasteiger partial charge >= 0.3 is 0 Å². The van der Waals surface area contributed by atoms with Crippen LogP contribution in [0.1, 0.15) is 39.7 Å². The molecule has 9 heteroatoms. The molecule has 7 nitrogen and oxygen atoms in total. The molecule has 1 saturated heterocycles. The predicted molar refractivity (Wildman–Crippen MR) is 114 cm³/mol. The molecule has 1 amide bonds. The van der Waals surface area contributed by atoms with E-state index < -0.39 is 15.9 Å². The van der Waals surface area contributed by atoms with E-state index in [1.807, 2.05) is 0 Å².